The molecule has 0 radical (unpaired) electrons. The Morgan fingerprint density at radius 3 is 2.84 bits per heavy atom. The first-order chi connectivity index (χ1) is 9.24. The van der Waals surface area contributed by atoms with E-state index >= 15 is 0 Å². The fourth-order valence-corrected chi connectivity index (χ4v) is 1.96. The molecule has 0 bridgehead atoms. The van der Waals surface area contributed by atoms with E-state index in [1.165, 1.54) is 10.9 Å². The number of hydrogen-bond acceptors (Lipinski definition) is 4. The highest BCUT2D eigenvalue weighted by Crippen LogP contribution is 2.11. The van der Waals surface area contributed by atoms with Crippen molar-refractivity contribution in [3.05, 3.63) is 65.0 Å². The van der Waals surface area contributed by atoms with Crippen LogP contribution in [0.15, 0.2) is 53.7 Å². The number of fused-ring (bicyclic) bond motifs is 1. The number of pyridine rings is 1. The maximum absolute atomic E-state index is 12.3. The lowest BCUT2D eigenvalue weighted by Gasteiger charge is -2.06. The molecule has 0 spiro atoms. The number of anilines is 1. The van der Waals surface area contributed by atoms with Crippen LogP contribution in [0.25, 0.3) is 10.9 Å². The maximum atomic E-state index is 12.3. The van der Waals surface area contributed by atoms with E-state index in [9.17, 15) is 4.79 Å². The van der Waals surface area contributed by atoms with Gasteiger partial charge < -0.3 is 5.73 Å². The molecule has 2 heterocycles. The number of rotatable bonds is 2. The number of benzene rings is 1. The number of nitrogens with zero attached hydrogens (tertiary/aromatic N) is 3. The van der Waals surface area contributed by atoms with Gasteiger partial charge in [0.2, 0.25) is 0 Å². The Kier molecular flexibility index (Phi) is 2.72. The number of nitrogens with two attached hydrogens (primary N) is 1. The summed E-state index contributed by atoms with van der Waals surface area (Å²) >= 11 is 0. The van der Waals surface area contributed by atoms with E-state index in [1.807, 2.05) is 18.2 Å². The molecule has 19 heavy (non-hydrogen) atoms. The fraction of sp³-hybridized carbons (Fsp3) is 0.0714. The number of aromatic nitrogens is 3. The Bertz CT molecular complexity index is 780. The van der Waals surface area contributed by atoms with Crippen molar-refractivity contribution >= 4 is 16.6 Å². The van der Waals surface area contributed by atoms with E-state index in [1.54, 1.807) is 24.4 Å². The molecule has 5 nitrogen and oxygen atoms in total. The van der Waals surface area contributed by atoms with Crippen LogP contribution in [-0.4, -0.2) is 14.5 Å². The zero-order chi connectivity index (χ0) is 13.2. The molecular weight excluding hydrogens is 240 g/mol. The summed E-state index contributed by atoms with van der Waals surface area (Å²) in [6.45, 7) is 0.400. The lowest BCUT2D eigenvalue weighted by atomic mass is 10.2. The normalized spacial score (nSPS) is 10.7. The summed E-state index contributed by atoms with van der Waals surface area (Å²) in [5.74, 6) is 0. The van der Waals surface area contributed by atoms with Crippen molar-refractivity contribution in [3.8, 4) is 0 Å². The van der Waals surface area contributed by atoms with Crippen LogP contribution >= 0.6 is 0 Å². The summed E-state index contributed by atoms with van der Waals surface area (Å²) in [7, 11) is 0. The Hall–Kier alpha value is -2.69. The summed E-state index contributed by atoms with van der Waals surface area (Å²) in [5, 5.41) is 0.526. The fourth-order valence-electron chi connectivity index (χ4n) is 1.96. The highest BCUT2D eigenvalue weighted by atomic mass is 16.1. The largest absolute Gasteiger partial charge is 0.399 e. The monoisotopic (exact) mass is 252 g/mol. The molecule has 0 amide bonds. The van der Waals surface area contributed by atoms with E-state index in [0.29, 0.717) is 23.1 Å². The molecule has 0 aliphatic rings. The van der Waals surface area contributed by atoms with Gasteiger partial charge in [0.05, 0.1) is 29.5 Å². The first-order valence-electron chi connectivity index (χ1n) is 5.88. The molecule has 0 atom stereocenters. The molecule has 0 aliphatic carbocycles. The van der Waals surface area contributed by atoms with Crippen molar-refractivity contribution < 1.29 is 0 Å². The molecule has 2 aromatic heterocycles. The second kappa shape index (κ2) is 4.53. The molecule has 3 rings (SSSR count). The van der Waals surface area contributed by atoms with E-state index in [-0.39, 0.29) is 5.56 Å². The van der Waals surface area contributed by atoms with Crippen LogP contribution in [0.3, 0.4) is 0 Å². The second-order valence-corrected chi connectivity index (χ2v) is 4.28. The van der Waals surface area contributed by atoms with Gasteiger partial charge in [0.25, 0.3) is 5.56 Å². The minimum absolute atomic E-state index is 0.108. The zero-order valence-corrected chi connectivity index (χ0v) is 10.2. The second-order valence-electron chi connectivity index (χ2n) is 4.28. The topological polar surface area (TPSA) is 73.8 Å². The van der Waals surface area contributed by atoms with Gasteiger partial charge in [0.1, 0.15) is 0 Å². The standard InChI is InChI=1S/C14H12N4O/c15-10-4-5-13-12(7-10)14(19)18(9-17-13)8-11-3-1-2-6-16-11/h1-7,9H,8,15H2. The molecular formula is C14H12N4O. The Balaban J connectivity index is 2.10. The van der Waals surface area contributed by atoms with Gasteiger partial charge in [-0.25, -0.2) is 4.98 Å². The van der Waals surface area contributed by atoms with Crippen molar-refractivity contribution in [1.82, 2.24) is 14.5 Å². The van der Waals surface area contributed by atoms with Crippen LogP contribution in [0.1, 0.15) is 5.69 Å². The molecule has 1 aromatic carbocycles. The molecule has 5 heteroatoms. The first-order valence-corrected chi connectivity index (χ1v) is 5.88. The third kappa shape index (κ3) is 2.18. The number of hydrogen-bond donors (Lipinski definition) is 1. The Labute approximate surface area is 109 Å². The Morgan fingerprint density at radius 2 is 2.05 bits per heavy atom. The van der Waals surface area contributed by atoms with Crippen LogP contribution in [-0.2, 0) is 6.54 Å². The minimum Gasteiger partial charge on any atom is -0.399 e. The highest BCUT2D eigenvalue weighted by molar-refractivity contribution is 5.80. The average molecular weight is 252 g/mol. The van der Waals surface area contributed by atoms with Crippen LogP contribution in [0.4, 0.5) is 5.69 Å². The van der Waals surface area contributed by atoms with Gasteiger partial charge in [-0.15, -0.1) is 0 Å². The molecule has 2 N–H and O–H groups in total. The molecule has 0 saturated heterocycles. The van der Waals surface area contributed by atoms with Crippen LogP contribution in [0.5, 0.6) is 0 Å². The average Bonchev–Trinajstić information content (AvgIpc) is 2.44. The summed E-state index contributed by atoms with van der Waals surface area (Å²) in [5.41, 5.74) is 7.62. The molecule has 94 valence electrons. The quantitative estimate of drug-likeness (QED) is 0.700. The van der Waals surface area contributed by atoms with Gasteiger partial charge >= 0.3 is 0 Å². The third-order valence-corrected chi connectivity index (χ3v) is 2.91. The molecule has 3 aromatic rings. The Morgan fingerprint density at radius 1 is 1.16 bits per heavy atom. The summed E-state index contributed by atoms with van der Waals surface area (Å²) in [6, 6.07) is 10.7. The van der Waals surface area contributed by atoms with Gasteiger partial charge in [-0.05, 0) is 30.3 Å². The van der Waals surface area contributed by atoms with Crippen LogP contribution < -0.4 is 11.3 Å². The van der Waals surface area contributed by atoms with Gasteiger partial charge in [-0.1, -0.05) is 6.07 Å². The third-order valence-electron chi connectivity index (χ3n) is 2.91. The SMILES string of the molecule is Nc1ccc2ncn(Cc3ccccn3)c(=O)c2c1. The van der Waals surface area contributed by atoms with Gasteiger partial charge in [0, 0.05) is 11.9 Å². The summed E-state index contributed by atoms with van der Waals surface area (Å²) < 4.78 is 1.53. The van der Waals surface area contributed by atoms with E-state index < -0.39 is 0 Å². The van der Waals surface area contributed by atoms with Gasteiger partial charge in [-0.2, -0.15) is 0 Å². The van der Waals surface area contributed by atoms with E-state index in [4.69, 9.17) is 5.73 Å². The van der Waals surface area contributed by atoms with Crippen molar-refractivity contribution in [3.63, 3.8) is 0 Å². The highest BCUT2D eigenvalue weighted by Gasteiger charge is 2.05. The van der Waals surface area contributed by atoms with Gasteiger partial charge in [0.15, 0.2) is 0 Å². The lowest BCUT2D eigenvalue weighted by molar-refractivity contribution is 0.730. The van der Waals surface area contributed by atoms with Crippen molar-refractivity contribution in [2.75, 3.05) is 5.73 Å². The predicted molar refractivity (Wildman–Crippen MR) is 73.8 cm³/mol. The lowest BCUT2D eigenvalue weighted by Crippen LogP contribution is -2.21. The maximum Gasteiger partial charge on any atom is 0.261 e. The van der Waals surface area contributed by atoms with E-state index in [2.05, 4.69) is 9.97 Å². The van der Waals surface area contributed by atoms with E-state index in [0.717, 1.165) is 5.69 Å². The predicted octanol–water partition coefficient (Wildman–Crippen LogP) is 1.42. The van der Waals surface area contributed by atoms with Crippen LogP contribution in [0.2, 0.25) is 0 Å². The van der Waals surface area contributed by atoms with Gasteiger partial charge in [-0.3, -0.25) is 14.3 Å². The molecule has 0 aliphatic heterocycles. The smallest absolute Gasteiger partial charge is 0.261 e. The summed E-state index contributed by atoms with van der Waals surface area (Å²) in [4.78, 5) is 20.8. The minimum atomic E-state index is -0.108. The van der Waals surface area contributed by atoms with Crippen molar-refractivity contribution in [1.29, 1.82) is 0 Å². The molecule has 0 fully saturated rings. The molecule has 0 unspecified atom stereocenters. The number of nitrogen functional groups attached to an aromatic ring is 1. The first kappa shape index (κ1) is 11.4. The van der Waals surface area contributed by atoms with Crippen molar-refractivity contribution in [2.24, 2.45) is 0 Å². The molecule has 0 saturated carbocycles. The van der Waals surface area contributed by atoms with Crippen LogP contribution in [0, 0.1) is 0 Å². The summed E-state index contributed by atoms with van der Waals surface area (Å²) in [6.07, 6.45) is 3.24. The van der Waals surface area contributed by atoms with Crippen molar-refractivity contribution in [2.45, 2.75) is 6.54 Å². The zero-order valence-electron chi connectivity index (χ0n) is 10.2.